The van der Waals surface area contributed by atoms with Gasteiger partial charge in [-0.3, -0.25) is 4.79 Å². The highest BCUT2D eigenvalue weighted by atomic mass is 35.5. The smallest absolute Gasteiger partial charge is 0.255 e. The summed E-state index contributed by atoms with van der Waals surface area (Å²) in [5.41, 5.74) is 0.405. The number of hydrogen-bond donors (Lipinski definition) is 0. The third-order valence-corrected chi connectivity index (χ3v) is 3.73. The minimum atomic E-state index is -0.108. The Hall–Kier alpha value is -0.840. The van der Waals surface area contributed by atoms with Crippen LogP contribution in [0, 0.1) is 5.92 Å². The number of carbonyl (C=O) groups excluding carboxylic acids is 1. The van der Waals surface area contributed by atoms with Gasteiger partial charge in [0.05, 0.1) is 17.2 Å². The van der Waals surface area contributed by atoms with E-state index in [1.165, 1.54) is 12.3 Å². The molecule has 0 saturated carbocycles. The van der Waals surface area contributed by atoms with Crippen molar-refractivity contribution in [2.24, 2.45) is 5.92 Å². The quantitative estimate of drug-likeness (QED) is 0.803. The molecule has 1 aliphatic heterocycles. The molecule has 19 heavy (non-hydrogen) atoms. The number of aromatic nitrogens is 1. The van der Waals surface area contributed by atoms with Gasteiger partial charge >= 0.3 is 0 Å². The lowest BCUT2D eigenvalue weighted by Crippen LogP contribution is -2.35. The number of carbonyl (C=O) groups is 1. The second kappa shape index (κ2) is 6.55. The van der Waals surface area contributed by atoms with Crippen molar-refractivity contribution in [3.05, 3.63) is 28.0 Å². The molecule has 1 aromatic rings. The van der Waals surface area contributed by atoms with Crippen LogP contribution in [-0.2, 0) is 4.74 Å². The lowest BCUT2D eigenvalue weighted by Gasteiger charge is -2.24. The molecule has 0 radical (unpaired) electrons. The molecule has 0 aliphatic carbocycles. The molecule has 2 rings (SSSR count). The fourth-order valence-electron chi connectivity index (χ4n) is 2.14. The van der Waals surface area contributed by atoms with Gasteiger partial charge in [0.25, 0.3) is 5.91 Å². The first-order chi connectivity index (χ1) is 9.11. The molecule has 6 heteroatoms. The van der Waals surface area contributed by atoms with Crippen LogP contribution < -0.4 is 0 Å². The zero-order chi connectivity index (χ0) is 13.8. The molecule has 104 valence electrons. The number of nitrogens with zero attached hydrogens (tertiary/aromatic N) is 2. The summed E-state index contributed by atoms with van der Waals surface area (Å²) in [6.45, 7) is 4.76. The number of rotatable bonds is 4. The number of amides is 1. The van der Waals surface area contributed by atoms with E-state index in [1.807, 2.05) is 6.92 Å². The van der Waals surface area contributed by atoms with Gasteiger partial charge in [0.15, 0.2) is 0 Å². The van der Waals surface area contributed by atoms with Gasteiger partial charge in [-0.1, -0.05) is 23.2 Å². The summed E-state index contributed by atoms with van der Waals surface area (Å²) in [6, 6.07) is 1.51. The monoisotopic (exact) mass is 302 g/mol. The van der Waals surface area contributed by atoms with Crippen molar-refractivity contribution < 1.29 is 9.53 Å². The second-order valence-electron chi connectivity index (χ2n) is 4.56. The first kappa shape index (κ1) is 14.6. The van der Waals surface area contributed by atoms with E-state index < -0.39 is 0 Å². The van der Waals surface area contributed by atoms with Crippen LogP contribution in [0.15, 0.2) is 12.3 Å². The van der Waals surface area contributed by atoms with Crippen LogP contribution >= 0.6 is 23.2 Å². The average molecular weight is 303 g/mol. The first-order valence-corrected chi connectivity index (χ1v) is 7.05. The molecular weight excluding hydrogens is 287 g/mol. The Balaban J connectivity index is 2.12. The zero-order valence-electron chi connectivity index (χ0n) is 10.7. The van der Waals surface area contributed by atoms with Crippen LogP contribution in [0.25, 0.3) is 0 Å². The Bertz CT molecular complexity index is 462. The zero-order valence-corrected chi connectivity index (χ0v) is 12.2. The topological polar surface area (TPSA) is 42.4 Å². The van der Waals surface area contributed by atoms with Crippen molar-refractivity contribution in [1.29, 1.82) is 0 Å². The van der Waals surface area contributed by atoms with Crippen molar-refractivity contribution in [2.75, 3.05) is 26.3 Å². The lowest BCUT2D eigenvalue weighted by molar-refractivity contribution is 0.0731. The highest BCUT2D eigenvalue weighted by Crippen LogP contribution is 2.21. The van der Waals surface area contributed by atoms with Gasteiger partial charge < -0.3 is 9.64 Å². The second-order valence-corrected chi connectivity index (χ2v) is 5.35. The van der Waals surface area contributed by atoms with Gasteiger partial charge in [-0.05, 0) is 19.4 Å². The summed E-state index contributed by atoms with van der Waals surface area (Å²) < 4.78 is 5.34. The average Bonchev–Trinajstić information content (AvgIpc) is 2.91. The molecule has 1 unspecified atom stereocenters. The first-order valence-electron chi connectivity index (χ1n) is 6.30. The maximum atomic E-state index is 12.5. The summed E-state index contributed by atoms with van der Waals surface area (Å²) in [7, 11) is 0. The Labute approximate surface area is 122 Å². The fourth-order valence-corrected chi connectivity index (χ4v) is 2.48. The van der Waals surface area contributed by atoms with E-state index >= 15 is 0 Å². The molecule has 0 aromatic carbocycles. The Morgan fingerprint density at radius 3 is 3.00 bits per heavy atom. The molecule has 1 atom stereocenters. The van der Waals surface area contributed by atoms with Gasteiger partial charge in [0.1, 0.15) is 5.15 Å². The molecule has 2 heterocycles. The van der Waals surface area contributed by atoms with Gasteiger partial charge in [0.2, 0.25) is 0 Å². The standard InChI is InChI=1S/C13H16Cl2N2O2/c1-2-17(7-9-3-4-19-8-9)13(18)10-5-12(15)16-6-11(10)14/h5-6,9H,2-4,7-8H2,1H3. The Morgan fingerprint density at radius 1 is 1.58 bits per heavy atom. The van der Waals surface area contributed by atoms with Crippen molar-refractivity contribution in [1.82, 2.24) is 9.88 Å². The summed E-state index contributed by atoms with van der Waals surface area (Å²) in [6.07, 6.45) is 2.40. The number of pyridine rings is 1. The van der Waals surface area contributed by atoms with Crippen LogP contribution in [0.5, 0.6) is 0 Å². The van der Waals surface area contributed by atoms with E-state index in [2.05, 4.69) is 4.98 Å². The van der Waals surface area contributed by atoms with E-state index in [0.717, 1.165) is 13.0 Å². The Morgan fingerprint density at radius 2 is 2.37 bits per heavy atom. The van der Waals surface area contributed by atoms with Crippen molar-refractivity contribution in [2.45, 2.75) is 13.3 Å². The van der Waals surface area contributed by atoms with Crippen molar-refractivity contribution in [3.8, 4) is 0 Å². The summed E-state index contributed by atoms with van der Waals surface area (Å²) in [5, 5.41) is 0.600. The number of hydrogen-bond acceptors (Lipinski definition) is 3. The van der Waals surface area contributed by atoms with Gasteiger partial charge in [0, 0.05) is 31.8 Å². The predicted octanol–water partition coefficient (Wildman–Crippen LogP) is 2.89. The molecule has 0 spiro atoms. The molecule has 0 bridgehead atoms. The van der Waals surface area contributed by atoms with E-state index in [4.69, 9.17) is 27.9 Å². The minimum Gasteiger partial charge on any atom is -0.381 e. The fraction of sp³-hybridized carbons (Fsp3) is 0.538. The molecular formula is C13H16Cl2N2O2. The normalized spacial score (nSPS) is 18.6. The third kappa shape index (κ3) is 3.59. The largest absolute Gasteiger partial charge is 0.381 e. The number of ether oxygens (including phenoxy) is 1. The predicted molar refractivity (Wildman–Crippen MR) is 74.8 cm³/mol. The molecule has 1 fully saturated rings. The molecule has 1 saturated heterocycles. The SMILES string of the molecule is CCN(CC1CCOC1)C(=O)c1cc(Cl)ncc1Cl. The molecule has 1 amide bonds. The highest BCUT2D eigenvalue weighted by molar-refractivity contribution is 6.35. The molecule has 0 N–H and O–H groups in total. The van der Waals surface area contributed by atoms with Crippen LogP contribution in [0.4, 0.5) is 0 Å². The van der Waals surface area contributed by atoms with Gasteiger partial charge in [-0.15, -0.1) is 0 Å². The summed E-state index contributed by atoms with van der Waals surface area (Å²) >= 11 is 11.8. The van der Waals surface area contributed by atoms with Crippen LogP contribution in [0.1, 0.15) is 23.7 Å². The van der Waals surface area contributed by atoms with E-state index in [9.17, 15) is 4.79 Å². The minimum absolute atomic E-state index is 0.108. The lowest BCUT2D eigenvalue weighted by atomic mass is 10.1. The molecule has 1 aromatic heterocycles. The summed E-state index contributed by atoms with van der Waals surface area (Å²) in [5.74, 6) is 0.295. The van der Waals surface area contributed by atoms with Crippen LogP contribution in [-0.4, -0.2) is 42.1 Å². The van der Waals surface area contributed by atoms with E-state index in [1.54, 1.807) is 4.90 Å². The van der Waals surface area contributed by atoms with Crippen LogP contribution in [0.2, 0.25) is 10.2 Å². The van der Waals surface area contributed by atoms with Gasteiger partial charge in [-0.2, -0.15) is 0 Å². The van der Waals surface area contributed by atoms with Crippen LogP contribution in [0.3, 0.4) is 0 Å². The van der Waals surface area contributed by atoms with E-state index in [0.29, 0.717) is 36.2 Å². The molecule has 4 nitrogen and oxygen atoms in total. The maximum absolute atomic E-state index is 12.5. The number of halogens is 2. The maximum Gasteiger partial charge on any atom is 0.255 e. The van der Waals surface area contributed by atoms with Crippen molar-refractivity contribution >= 4 is 29.1 Å². The van der Waals surface area contributed by atoms with Crippen molar-refractivity contribution in [3.63, 3.8) is 0 Å². The highest BCUT2D eigenvalue weighted by Gasteiger charge is 2.23. The van der Waals surface area contributed by atoms with E-state index in [-0.39, 0.29) is 11.1 Å². The third-order valence-electron chi connectivity index (χ3n) is 3.22. The Kier molecular flexibility index (Phi) is 5.02. The molecule has 1 aliphatic rings. The van der Waals surface area contributed by atoms with Gasteiger partial charge in [-0.25, -0.2) is 4.98 Å². The summed E-state index contributed by atoms with van der Waals surface area (Å²) in [4.78, 5) is 18.1.